The second kappa shape index (κ2) is 7.85. The maximum atomic E-state index is 10.5. The van der Waals surface area contributed by atoms with Crippen molar-refractivity contribution in [2.45, 2.75) is 24.5 Å². The maximum absolute atomic E-state index is 10.5. The molecule has 4 atom stereocenters. The molecule has 4 aromatic heterocycles. The van der Waals surface area contributed by atoms with E-state index in [1.165, 1.54) is 15.6 Å². The number of ether oxygens (including phenoxy) is 1. The van der Waals surface area contributed by atoms with Gasteiger partial charge in [-0.3, -0.25) is 4.57 Å². The first kappa shape index (κ1) is 20.7. The molecule has 5 aromatic rings. The molecule has 0 spiro atoms. The van der Waals surface area contributed by atoms with Crippen molar-refractivity contribution in [3.63, 3.8) is 0 Å². The molecular formula is C21H20N8O5. The standard InChI is InChI=1S/C21H20N8O5/c1-22-17-14-18(28(9-23-14)20-16(32)15(31)13(8-30)34-20)27-21(26-17)29-7-10(6-24-29)19-25-11-4-2-3-5-12(11)33-19/h2-7,9,13,15-16,20,30-32H,8H2,1H3,(H,22,26,27)/t13-,15-,16-,20-/m1/s1. The minimum Gasteiger partial charge on any atom is -0.436 e. The van der Waals surface area contributed by atoms with Crippen molar-refractivity contribution < 1.29 is 24.5 Å². The van der Waals surface area contributed by atoms with E-state index in [0.29, 0.717) is 34.0 Å². The van der Waals surface area contributed by atoms with E-state index in [2.05, 4.69) is 30.4 Å². The van der Waals surface area contributed by atoms with Gasteiger partial charge in [-0.2, -0.15) is 15.1 Å². The Morgan fingerprint density at radius 1 is 1.12 bits per heavy atom. The third-order valence-corrected chi connectivity index (χ3v) is 5.77. The van der Waals surface area contributed by atoms with Crippen LogP contribution in [0.2, 0.25) is 0 Å². The van der Waals surface area contributed by atoms with Crippen LogP contribution in [0.1, 0.15) is 6.23 Å². The van der Waals surface area contributed by atoms with E-state index in [0.717, 1.165) is 5.52 Å². The number of nitrogens with one attached hydrogen (secondary N) is 1. The Labute approximate surface area is 191 Å². The van der Waals surface area contributed by atoms with Crippen molar-refractivity contribution in [3.8, 4) is 17.4 Å². The van der Waals surface area contributed by atoms with Crippen molar-refractivity contribution in [1.29, 1.82) is 0 Å². The predicted octanol–water partition coefficient (Wildman–Crippen LogP) is 0.473. The fourth-order valence-corrected chi connectivity index (χ4v) is 4.02. The van der Waals surface area contributed by atoms with E-state index in [9.17, 15) is 15.3 Å². The number of rotatable bonds is 5. The Bertz CT molecular complexity index is 1460. The smallest absolute Gasteiger partial charge is 0.254 e. The van der Waals surface area contributed by atoms with Crippen molar-refractivity contribution in [2.24, 2.45) is 0 Å². The van der Waals surface area contributed by atoms with Gasteiger partial charge in [-0.1, -0.05) is 12.1 Å². The van der Waals surface area contributed by atoms with Crippen LogP contribution in [0.5, 0.6) is 0 Å². The molecule has 0 radical (unpaired) electrons. The third-order valence-electron chi connectivity index (χ3n) is 5.77. The van der Waals surface area contributed by atoms with E-state index < -0.39 is 31.1 Å². The second-order valence-electron chi connectivity index (χ2n) is 7.84. The molecule has 1 saturated heterocycles. The molecule has 1 aromatic carbocycles. The molecule has 34 heavy (non-hydrogen) atoms. The lowest BCUT2D eigenvalue weighted by molar-refractivity contribution is -0.0511. The number of hydrogen-bond donors (Lipinski definition) is 4. The Morgan fingerprint density at radius 2 is 1.97 bits per heavy atom. The van der Waals surface area contributed by atoms with Gasteiger partial charge < -0.3 is 29.8 Å². The number of aromatic nitrogens is 7. The number of nitrogens with zero attached hydrogens (tertiary/aromatic N) is 7. The minimum absolute atomic E-state index is 0.229. The van der Waals surface area contributed by atoms with Crippen LogP contribution in [0.4, 0.5) is 5.82 Å². The number of oxazole rings is 1. The van der Waals surface area contributed by atoms with Crippen molar-refractivity contribution in [2.75, 3.05) is 19.0 Å². The highest BCUT2D eigenvalue weighted by molar-refractivity contribution is 5.83. The number of imidazole rings is 1. The molecule has 0 amide bonds. The summed E-state index contributed by atoms with van der Waals surface area (Å²) in [5.41, 5.74) is 2.84. The fraction of sp³-hybridized carbons (Fsp3) is 0.286. The van der Waals surface area contributed by atoms with Crippen molar-refractivity contribution in [1.82, 2.24) is 34.3 Å². The van der Waals surface area contributed by atoms with Gasteiger partial charge >= 0.3 is 0 Å². The molecule has 1 aliphatic rings. The van der Waals surface area contributed by atoms with Gasteiger partial charge in [0.1, 0.15) is 23.8 Å². The molecule has 5 heterocycles. The third kappa shape index (κ3) is 3.13. The molecule has 0 aliphatic carbocycles. The molecule has 13 heteroatoms. The normalized spacial score (nSPS) is 22.7. The number of fused-ring (bicyclic) bond motifs is 2. The first-order chi connectivity index (χ1) is 16.6. The van der Waals surface area contributed by atoms with Crippen LogP contribution in [0.3, 0.4) is 0 Å². The van der Waals surface area contributed by atoms with Crippen LogP contribution in [-0.4, -0.2) is 81.6 Å². The molecule has 0 saturated carbocycles. The van der Waals surface area contributed by atoms with E-state index in [1.54, 1.807) is 19.4 Å². The minimum atomic E-state index is -1.28. The van der Waals surface area contributed by atoms with Gasteiger partial charge in [0.2, 0.25) is 5.89 Å². The average molecular weight is 464 g/mol. The van der Waals surface area contributed by atoms with Crippen molar-refractivity contribution >= 4 is 28.1 Å². The van der Waals surface area contributed by atoms with E-state index in [-0.39, 0.29) is 5.95 Å². The average Bonchev–Trinajstić information content (AvgIpc) is 3.64. The number of aliphatic hydroxyl groups is 3. The summed E-state index contributed by atoms with van der Waals surface area (Å²) in [6.07, 6.45) is 0.296. The Morgan fingerprint density at radius 3 is 2.74 bits per heavy atom. The molecule has 0 bridgehead atoms. The number of para-hydroxylation sites is 2. The zero-order valence-electron chi connectivity index (χ0n) is 17.8. The number of anilines is 1. The summed E-state index contributed by atoms with van der Waals surface area (Å²) in [6, 6.07) is 7.46. The van der Waals surface area contributed by atoms with Crippen LogP contribution < -0.4 is 5.32 Å². The number of aliphatic hydroxyl groups excluding tert-OH is 3. The van der Waals surface area contributed by atoms with Gasteiger partial charge in [0.15, 0.2) is 28.8 Å². The summed E-state index contributed by atoms with van der Waals surface area (Å²) in [7, 11) is 1.70. The molecule has 174 valence electrons. The number of benzene rings is 1. The highest BCUT2D eigenvalue weighted by Gasteiger charge is 2.44. The molecule has 4 N–H and O–H groups in total. The monoisotopic (exact) mass is 464 g/mol. The van der Waals surface area contributed by atoms with Crippen LogP contribution in [0.25, 0.3) is 39.7 Å². The summed E-state index contributed by atoms with van der Waals surface area (Å²) in [5, 5.41) is 37.4. The molecule has 0 unspecified atom stereocenters. The molecule has 13 nitrogen and oxygen atoms in total. The van der Waals surface area contributed by atoms with E-state index in [1.807, 2.05) is 24.3 Å². The largest absolute Gasteiger partial charge is 0.436 e. The Balaban J connectivity index is 1.42. The fourth-order valence-electron chi connectivity index (χ4n) is 4.02. The molecule has 1 fully saturated rings. The first-order valence-corrected chi connectivity index (χ1v) is 10.5. The zero-order chi connectivity index (χ0) is 23.4. The summed E-state index contributed by atoms with van der Waals surface area (Å²) in [5.74, 6) is 1.08. The SMILES string of the molecule is CNc1nc(-n2cc(-c3nc4ccccc4o3)cn2)nc2c1ncn2[C@@H]1O[C@H](CO)[C@@H](O)[C@H]1O. The maximum Gasteiger partial charge on any atom is 0.254 e. The van der Waals surface area contributed by atoms with Crippen molar-refractivity contribution in [3.05, 3.63) is 43.0 Å². The highest BCUT2D eigenvalue weighted by Crippen LogP contribution is 2.32. The topological polar surface area (TPSA) is 169 Å². The first-order valence-electron chi connectivity index (χ1n) is 10.5. The van der Waals surface area contributed by atoms with E-state index >= 15 is 0 Å². The lowest BCUT2D eigenvalue weighted by atomic mass is 10.1. The second-order valence-corrected chi connectivity index (χ2v) is 7.84. The lowest BCUT2D eigenvalue weighted by Crippen LogP contribution is -2.33. The van der Waals surface area contributed by atoms with Crippen LogP contribution in [-0.2, 0) is 4.74 Å². The van der Waals surface area contributed by atoms with Crippen LogP contribution >= 0.6 is 0 Å². The van der Waals surface area contributed by atoms with Gasteiger partial charge in [0, 0.05) is 13.2 Å². The van der Waals surface area contributed by atoms with Crippen LogP contribution in [0, 0.1) is 0 Å². The zero-order valence-corrected chi connectivity index (χ0v) is 17.8. The molecule has 1 aliphatic heterocycles. The summed E-state index contributed by atoms with van der Waals surface area (Å²) >= 11 is 0. The van der Waals surface area contributed by atoms with Gasteiger partial charge in [0.05, 0.1) is 24.7 Å². The quantitative estimate of drug-likeness (QED) is 0.285. The van der Waals surface area contributed by atoms with Gasteiger partial charge in [0.25, 0.3) is 5.95 Å². The highest BCUT2D eigenvalue weighted by atomic mass is 16.6. The van der Waals surface area contributed by atoms with Gasteiger partial charge in [-0.05, 0) is 12.1 Å². The summed E-state index contributed by atoms with van der Waals surface area (Å²) in [4.78, 5) is 17.9. The summed E-state index contributed by atoms with van der Waals surface area (Å²) < 4.78 is 14.4. The van der Waals surface area contributed by atoms with E-state index in [4.69, 9.17) is 9.15 Å². The predicted molar refractivity (Wildman–Crippen MR) is 118 cm³/mol. The lowest BCUT2D eigenvalue weighted by Gasteiger charge is -2.17. The molecule has 6 rings (SSSR count). The number of hydrogen-bond acceptors (Lipinski definition) is 11. The Hall–Kier alpha value is -3.91. The van der Waals surface area contributed by atoms with Crippen LogP contribution in [0.15, 0.2) is 47.4 Å². The van der Waals surface area contributed by atoms with Gasteiger partial charge in [-0.15, -0.1) is 0 Å². The van der Waals surface area contributed by atoms with Gasteiger partial charge in [-0.25, -0.2) is 14.6 Å². The Kier molecular flexibility index (Phi) is 4.77. The molecular weight excluding hydrogens is 444 g/mol. The summed E-state index contributed by atoms with van der Waals surface area (Å²) in [6.45, 7) is -0.435.